The number of nitrogens with two attached hydrogens (primary N) is 1. The van der Waals surface area contributed by atoms with E-state index in [0.29, 0.717) is 6.04 Å². The van der Waals surface area contributed by atoms with Crippen molar-refractivity contribution in [3.8, 4) is 11.5 Å². The largest absolute Gasteiger partial charge is 0.493 e. The third-order valence-corrected chi connectivity index (χ3v) is 8.33. The van der Waals surface area contributed by atoms with E-state index in [2.05, 4.69) is 36.2 Å². The van der Waals surface area contributed by atoms with Crippen LogP contribution in [-0.2, 0) is 16.6 Å². The number of likely N-dealkylation sites (N-methyl/N-ethyl adjacent to an activating group) is 1. The minimum atomic E-state index is -0.569. The van der Waals surface area contributed by atoms with Gasteiger partial charge in [-0.15, -0.1) is 0 Å². The van der Waals surface area contributed by atoms with Crippen LogP contribution in [0.2, 0.25) is 0 Å². The molecule has 1 saturated heterocycles. The second-order valence-corrected chi connectivity index (χ2v) is 8.79. The quantitative estimate of drug-likeness (QED) is 0.818. The Labute approximate surface area is 154 Å². The molecule has 4 bridgehead atoms. The summed E-state index contributed by atoms with van der Waals surface area (Å²) in [5.74, 6) is 1.76. The number of ether oxygens (including phenoxy) is 3. The Kier molecular flexibility index (Phi) is 2.66. The molecule has 2 aliphatic heterocycles. The van der Waals surface area contributed by atoms with Crippen molar-refractivity contribution in [1.29, 1.82) is 0 Å². The molecule has 2 N–H and O–H groups in total. The van der Waals surface area contributed by atoms with Gasteiger partial charge in [0.1, 0.15) is 11.7 Å². The lowest BCUT2D eigenvalue weighted by molar-refractivity contribution is -0.194. The first-order chi connectivity index (χ1) is 12.5. The molecule has 5 nitrogen and oxygen atoms in total. The van der Waals surface area contributed by atoms with E-state index in [1.807, 2.05) is 0 Å². The van der Waals surface area contributed by atoms with E-state index < -0.39 is 5.60 Å². The predicted molar refractivity (Wildman–Crippen MR) is 97.7 cm³/mol. The van der Waals surface area contributed by atoms with Crippen molar-refractivity contribution in [3.05, 3.63) is 35.4 Å². The Morgan fingerprint density at radius 3 is 2.85 bits per heavy atom. The Morgan fingerprint density at radius 2 is 2.12 bits per heavy atom. The molecular weight excluding hydrogens is 328 g/mol. The van der Waals surface area contributed by atoms with Crippen LogP contribution in [0.15, 0.2) is 24.3 Å². The Bertz CT molecular complexity index is 854. The Hall–Kier alpha value is -1.56. The van der Waals surface area contributed by atoms with Gasteiger partial charge in [-0.25, -0.2) is 0 Å². The van der Waals surface area contributed by atoms with Gasteiger partial charge < -0.3 is 24.8 Å². The maximum Gasteiger partial charge on any atom is 0.166 e. The SMILES string of the molecule is COc1ccc2c3c1OC1[C@@]4(OC)C=C[C@@]5(CC4N)[C@@H](C2)N(C)CC[C@]315. The van der Waals surface area contributed by atoms with Gasteiger partial charge in [-0.3, -0.25) is 0 Å². The molecule has 2 unspecified atom stereocenters. The third kappa shape index (κ3) is 1.29. The summed E-state index contributed by atoms with van der Waals surface area (Å²) in [5.41, 5.74) is 8.91. The highest BCUT2D eigenvalue weighted by molar-refractivity contribution is 5.65. The molecule has 5 heteroatoms. The number of likely N-dealkylation sites (tertiary alicyclic amines) is 1. The zero-order chi connectivity index (χ0) is 17.9. The molecule has 6 atom stereocenters. The maximum atomic E-state index is 6.75. The molecular formula is C21H26N2O3. The van der Waals surface area contributed by atoms with E-state index in [0.717, 1.165) is 37.3 Å². The van der Waals surface area contributed by atoms with Gasteiger partial charge in [0.05, 0.1) is 12.5 Å². The van der Waals surface area contributed by atoms with E-state index in [4.69, 9.17) is 19.9 Å². The first-order valence-corrected chi connectivity index (χ1v) is 9.62. The van der Waals surface area contributed by atoms with Gasteiger partial charge in [0.25, 0.3) is 0 Å². The zero-order valence-corrected chi connectivity index (χ0v) is 15.6. The minimum Gasteiger partial charge on any atom is -0.493 e. The van der Waals surface area contributed by atoms with E-state index in [1.165, 1.54) is 11.1 Å². The summed E-state index contributed by atoms with van der Waals surface area (Å²) in [6.07, 6.45) is 7.63. The van der Waals surface area contributed by atoms with Crippen molar-refractivity contribution >= 4 is 0 Å². The van der Waals surface area contributed by atoms with Crippen molar-refractivity contribution in [2.45, 2.75) is 48.5 Å². The van der Waals surface area contributed by atoms with E-state index in [-0.39, 0.29) is 23.0 Å². The first-order valence-electron chi connectivity index (χ1n) is 9.62. The lowest BCUT2D eigenvalue weighted by Gasteiger charge is -2.70. The van der Waals surface area contributed by atoms with E-state index >= 15 is 0 Å². The van der Waals surface area contributed by atoms with Crippen LogP contribution < -0.4 is 15.2 Å². The number of hydrogen-bond acceptors (Lipinski definition) is 5. The second-order valence-electron chi connectivity index (χ2n) is 8.79. The van der Waals surface area contributed by atoms with Crippen molar-refractivity contribution in [1.82, 2.24) is 4.90 Å². The van der Waals surface area contributed by atoms with Gasteiger partial charge in [-0.1, -0.05) is 18.2 Å². The first kappa shape index (κ1) is 15.5. The van der Waals surface area contributed by atoms with Gasteiger partial charge >= 0.3 is 0 Å². The van der Waals surface area contributed by atoms with Crippen LogP contribution in [0.25, 0.3) is 0 Å². The number of nitrogens with zero attached hydrogens (tertiary/aromatic N) is 1. The number of rotatable bonds is 2. The van der Waals surface area contributed by atoms with Crippen LogP contribution in [0.5, 0.6) is 11.5 Å². The zero-order valence-electron chi connectivity index (χ0n) is 15.6. The Balaban J connectivity index is 1.73. The highest BCUT2D eigenvalue weighted by Crippen LogP contribution is 2.73. The second kappa shape index (κ2) is 4.46. The smallest absolute Gasteiger partial charge is 0.166 e. The fourth-order valence-electron chi connectivity index (χ4n) is 7.26. The number of methoxy groups -OCH3 is 2. The number of fused-ring (bicyclic) bond motifs is 1. The molecule has 0 amide bonds. The third-order valence-electron chi connectivity index (χ3n) is 8.33. The van der Waals surface area contributed by atoms with Crippen molar-refractivity contribution in [2.24, 2.45) is 11.1 Å². The molecule has 2 spiro atoms. The predicted octanol–water partition coefficient (Wildman–Crippen LogP) is 1.63. The summed E-state index contributed by atoms with van der Waals surface area (Å²) >= 11 is 0. The molecule has 1 saturated carbocycles. The van der Waals surface area contributed by atoms with Gasteiger partial charge in [-0.05, 0) is 44.5 Å². The number of benzene rings is 1. The molecule has 1 aromatic carbocycles. The highest BCUT2D eigenvalue weighted by atomic mass is 16.6. The fraction of sp³-hybridized carbons (Fsp3) is 0.619. The summed E-state index contributed by atoms with van der Waals surface area (Å²) in [6, 6.07) is 4.69. The number of piperidine rings is 1. The molecule has 26 heavy (non-hydrogen) atoms. The van der Waals surface area contributed by atoms with Crippen LogP contribution in [0.4, 0.5) is 0 Å². The van der Waals surface area contributed by atoms with Crippen LogP contribution in [0.3, 0.4) is 0 Å². The number of hydrogen-bond donors (Lipinski definition) is 1. The van der Waals surface area contributed by atoms with Crippen LogP contribution in [0.1, 0.15) is 24.0 Å². The molecule has 6 aliphatic rings. The van der Waals surface area contributed by atoms with Crippen molar-refractivity contribution in [3.63, 3.8) is 0 Å². The fourth-order valence-corrected chi connectivity index (χ4v) is 7.26. The van der Waals surface area contributed by atoms with Crippen LogP contribution in [-0.4, -0.2) is 56.5 Å². The molecule has 0 aromatic heterocycles. The average Bonchev–Trinajstić information content (AvgIpc) is 3.01. The molecule has 1 aromatic rings. The van der Waals surface area contributed by atoms with Crippen LogP contribution >= 0.6 is 0 Å². The van der Waals surface area contributed by atoms with E-state index in [1.54, 1.807) is 14.2 Å². The van der Waals surface area contributed by atoms with Gasteiger partial charge in [-0.2, -0.15) is 0 Å². The molecule has 2 heterocycles. The summed E-state index contributed by atoms with van der Waals surface area (Å²) in [6.45, 7) is 1.07. The topological polar surface area (TPSA) is 57.0 Å². The van der Waals surface area contributed by atoms with Gasteiger partial charge in [0.2, 0.25) is 0 Å². The van der Waals surface area contributed by atoms with Crippen molar-refractivity contribution < 1.29 is 14.2 Å². The van der Waals surface area contributed by atoms with Gasteiger partial charge in [0.15, 0.2) is 11.5 Å². The van der Waals surface area contributed by atoms with Crippen molar-refractivity contribution in [2.75, 3.05) is 27.8 Å². The molecule has 138 valence electrons. The van der Waals surface area contributed by atoms with Crippen LogP contribution in [0, 0.1) is 5.41 Å². The molecule has 7 rings (SSSR count). The standard InChI is InChI=1S/C21H26N2O3/c1-23-9-8-20-16-12-4-5-13(24-2)17(16)26-18(20)21(25-3)7-6-19(20,11-14(21)22)15(23)10-12/h4-7,14-15,18H,8-11,22H2,1-3H3/t14?,15-,18?,19-,20+,21-/m1/s1. The minimum absolute atomic E-state index is 0.00891. The lowest BCUT2D eigenvalue weighted by Crippen LogP contribution is -2.81. The monoisotopic (exact) mass is 354 g/mol. The van der Waals surface area contributed by atoms with Gasteiger partial charge in [0, 0.05) is 30.2 Å². The summed E-state index contributed by atoms with van der Waals surface area (Å²) in [4.78, 5) is 2.54. The molecule has 2 fully saturated rings. The lowest BCUT2D eigenvalue weighted by atomic mass is 9.38. The highest BCUT2D eigenvalue weighted by Gasteiger charge is 2.78. The average molecular weight is 354 g/mol. The molecule has 4 aliphatic carbocycles. The normalized spacial score (nSPS) is 46.8. The molecule has 0 radical (unpaired) electrons. The summed E-state index contributed by atoms with van der Waals surface area (Å²) in [5, 5.41) is 0. The van der Waals surface area contributed by atoms with E-state index in [9.17, 15) is 0 Å². The summed E-state index contributed by atoms with van der Waals surface area (Å²) < 4.78 is 18.5. The summed E-state index contributed by atoms with van der Waals surface area (Å²) in [7, 11) is 5.76. The maximum absolute atomic E-state index is 6.75. The Morgan fingerprint density at radius 1 is 1.27 bits per heavy atom.